The summed E-state index contributed by atoms with van der Waals surface area (Å²) in [5, 5.41) is 12.0. The Bertz CT molecular complexity index is 601. The molecule has 5 nitrogen and oxygen atoms in total. The SMILES string of the molecule is O=C(O)C1CCCN(C(=O)NC2CC(c3cccc(F)c3)C2)C1. The molecule has 1 saturated carbocycles. The number of carbonyl (C=O) groups excluding carboxylic acids is 1. The van der Waals surface area contributed by atoms with Crippen molar-refractivity contribution in [1.29, 1.82) is 0 Å². The number of piperidine rings is 1. The third-order valence-electron chi connectivity index (χ3n) is 4.84. The fraction of sp³-hybridized carbons (Fsp3) is 0.529. The maximum absolute atomic E-state index is 13.2. The lowest BCUT2D eigenvalue weighted by Crippen LogP contribution is -2.52. The van der Waals surface area contributed by atoms with Crippen molar-refractivity contribution >= 4 is 12.0 Å². The van der Waals surface area contributed by atoms with Crippen LogP contribution < -0.4 is 5.32 Å². The van der Waals surface area contributed by atoms with Crippen LogP contribution in [0.3, 0.4) is 0 Å². The third-order valence-corrected chi connectivity index (χ3v) is 4.84. The standard InChI is InChI=1S/C17H21FN2O3/c18-14-5-1-3-11(7-14)13-8-15(9-13)19-17(23)20-6-2-4-12(10-20)16(21)22/h1,3,5,7,12-13,15H,2,4,6,8-10H2,(H,19,23)(H,21,22). The van der Waals surface area contributed by atoms with Crippen molar-refractivity contribution in [2.24, 2.45) is 5.92 Å². The van der Waals surface area contributed by atoms with E-state index < -0.39 is 11.9 Å². The summed E-state index contributed by atoms with van der Waals surface area (Å²) in [4.78, 5) is 24.9. The number of aliphatic carboxylic acids is 1. The number of rotatable bonds is 3. The molecule has 6 heteroatoms. The van der Waals surface area contributed by atoms with Gasteiger partial charge in [-0.3, -0.25) is 4.79 Å². The second kappa shape index (κ2) is 6.56. The van der Waals surface area contributed by atoms with Crippen LogP contribution in [0.4, 0.5) is 9.18 Å². The molecule has 1 atom stereocenters. The summed E-state index contributed by atoms with van der Waals surface area (Å²) < 4.78 is 13.2. The number of amides is 2. The zero-order valence-electron chi connectivity index (χ0n) is 12.9. The maximum Gasteiger partial charge on any atom is 0.317 e. The van der Waals surface area contributed by atoms with E-state index in [2.05, 4.69) is 5.32 Å². The average Bonchev–Trinajstić information content (AvgIpc) is 2.50. The number of nitrogens with one attached hydrogen (secondary N) is 1. The van der Waals surface area contributed by atoms with Gasteiger partial charge in [0.1, 0.15) is 5.82 Å². The number of hydrogen-bond acceptors (Lipinski definition) is 2. The number of carboxylic acids is 1. The van der Waals surface area contributed by atoms with Crippen molar-refractivity contribution in [3.63, 3.8) is 0 Å². The molecule has 3 rings (SSSR count). The zero-order chi connectivity index (χ0) is 16.4. The molecule has 1 aromatic carbocycles. The van der Waals surface area contributed by atoms with Gasteiger partial charge < -0.3 is 15.3 Å². The largest absolute Gasteiger partial charge is 0.481 e. The number of carbonyl (C=O) groups is 2. The smallest absolute Gasteiger partial charge is 0.317 e. The molecule has 1 aliphatic heterocycles. The first-order valence-electron chi connectivity index (χ1n) is 8.06. The van der Waals surface area contributed by atoms with E-state index in [1.165, 1.54) is 6.07 Å². The number of halogens is 1. The van der Waals surface area contributed by atoms with Gasteiger partial charge in [0.05, 0.1) is 5.92 Å². The Hall–Kier alpha value is -2.11. The number of likely N-dealkylation sites (tertiary alicyclic amines) is 1. The third kappa shape index (κ3) is 3.63. The van der Waals surface area contributed by atoms with Crippen LogP contribution >= 0.6 is 0 Å². The number of urea groups is 1. The summed E-state index contributed by atoms with van der Waals surface area (Å²) in [6.07, 6.45) is 2.95. The summed E-state index contributed by atoms with van der Waals surface area (Å²) in [6, 6.07) is 6.49. The highest BCUT2D eigenvalue weighted by molar-refractivity contribution is 5.77. The van der Waals surface area contributed by atoms with E-state index in [1.807, 2.05) is 6.07 Å². The molecule has 2 fully saturated rings. The number of hydrogen-bond donors (Lipinski definition) is 2. The Balaban J connectivity index is 1.48. The highest BCUT2D eigenvalue weighted by atomic mass is 19.1. The molecule has 2 amide bonds. The molecule has 1 aromatic rings. The van der Waals surface area contributed by atoms with Gasteiger partial charge in [0.2, 0.25) is 0 Å². The molecule has 1 unspecified atom stereocenters. The molecular formula is C17H21FN2O3. The molecule has 23 heavy (non-hydrogen) atoms. The first-order chi connectivity index (χ1) is 11.0. The Kier molecular flexibility index (Phi) is 4.50. The fourth-order valence-corrected chi connectivity index (χ4v) is 3.40. The molecule has 0 aromatic heterocycles. The Labute approximate surface area is 134 Å². The molecule has 2 N–H and O–H groups in total. The summed E-state index contributed by atoms with van der Waals surface area (Å²) in [7, 11) is 0. The van der Waals surface area contributed by atoms with Gasteiger partial charge in [-0.25, -0.2) is 9.18 Å². The minimum Gasteiger partial charge on any atom is -0.481 e. The fourth-order valence-electron chi connectivity index (χ4n) is 3.40. The van der Waals surface area contributed by atoms with Crippen molar-refractivity contribution < 1.29 is 19.1 Å². The van der Waals surface area contributed by atoms with E-state index in [0.29, 0.717) is 13.0 Å². The maximum atomic E-state index is 13.2. The van der Waals surface area contributed by atoms with Gasteiger partial charge in [0, 0.05) is 19.1 Å². The van der Waals surface area contributed by atoms with E-state index >= 15 is 0 Å². The van der Waals surface area contributed by atoms with E-state index in [4.69, 9.17) is 5.11 Å². The molecule has 0 bridgehead atoms. The Morgan fingerprint density at radius 1 is 1.30 bits per heavy atom. The quantitative estimate of drug-likeness (QED) is 0.899. The summed E-state index contributed by atoms with van der Waals surface area (Å²) in [6.45, 7) is 0.886. The first kappa shape index (κ1) is 15.8. The van der Waals surface area contributed by atoms with Crippen LogP contribution in [0.25, 0.3) is 0 Å². The van der Waals surface area contributed by atoms with Crippen LogP contribution in [0.2, 0.25) is 0 Å². The van der Waals surface area contributed by atoms with Gasteiger partial charge in [0.15, 0.2) is 0 Å². The van der Waals surface area contributed by atoms with Crippen LogP contribution in [-0.4, -0.2) is 41.1 Å². The van der Waals surface area contributed by atoms with Gasteiger partial charge in [0.25, 0.3) is 0 Å². The monoisotopic (exact) mass is 320 g/mol. The first-order valence-corrected chi connectivity index (χ1v) is 8.06. The molecular weight excluding hydrogens is 299 g/mol. The van der Waals surface area contributed by atoms with Crippen LogP contribution in [0, 0.1) is 11.7 Å². The van der Waals surface area contributed by atoms with Crippen molar-refractivity contribution in [3.8, 4) is 0 Å². The van der Waals surface area contributed by atoms with E-state index in [0.717, 1.165) is 24.8 Å². The van der Waals surface area contributed by atoms with Gasteiger partial charge in [-0.1, -0.05) is 12.1 Å². The summed E-state index contributed by atoms with van der Waals surface area (Å²) >= 11 is 0. The van der Waals surface area contributed by atoms with Crippen LogP contribution in [-0.2, 0) is 4.79 Å². The van der Waals surface area contributed by atoms with Crippen LogP contribution in [0.5, 0.6) is 0 Å². The van der Waals surface area contributed by atoms with Crippen molar-refractivity contribution in [2.75, 3.05) is 13.1 Å². The van der Waals surface area contributed by atoms with E-state index in [1.54, 1.807) is 17.0 Å². The molecule has 2 aliphatic rings. The average molecular weight is 320 g/mol. The minimum atomic E-state index is -0.836. The van der Waals surface area contributed by atoms with E-state index in [-0.39, 0.29) is 30.4 Å². The van der Waals surface area contributed by atoms with Crippen LogP contribution in [0.1, 0.15) is 37.2 Å². The number of benzene rings is 1. The zero-order valence-corrected chi connectivity index (χ0v) is 12.9. The highest BCUT2D eigenvalue weighted by Gasteiger charge is 2.34. The topological polar surface area (TPSA) is 69.6 Å². The predicted molar refractivity (Wildman–Crippen MR) is 82.6 cm³/mol. The van der Waals surface area contributed by atoms with Crippen LogP contribution in [0.15, 0.2) is 24.3 Å². The summed E-state index contributed by atoms with van der Waals surface area (Å²) in [5.74, 6) is -1.25. The van der Waals surface area contributed by atoms with Crippen molar-refractivity contribution in [1.82, 2.24) is 10.2 Å². The van der Waals surface area contributed by atoms with Gasteiger partial charge >= 0.3 is 12.0 Å². The molecule has 0 radical (unpaired) electrons. The molecule has 124 valence electrons. The Morgan fingerprint density at radius 3 is 2.78 bits per heavy atom. The van der Waals surface area contributed by atoms with Gasteiger partial charge in [-0.2, -0.15) is 0 Å². The second-order valence-corrected chi connectivity index (χ2v) is 6.49. The lowest BCUT2D eigenvalue weighted by atomic mass is 9.76. The minimum absolute atomic E-state index is 0.0842. The van der Waals surface area contributed by atoms with Crippen molar-refractivity contribution in [2.45, 2.75) is 37.6 Å². The predicted octanol–water partition coefficient (Wildman–Crippen LogP) is 2.58. The highest BCUT2D eigenvalue weighted by Crippen LogP contribution is 2.37. The lowest BCUT2D eigenvalue weighted by molar-refractivity contribution is -0.143. The van der Waals surface area contributed by atoms with E-state index in [9.17, 15) is 14.0 Å². The normalized spacial score (nSPS) is 27.2. The molecule has 0 spiro atoms. The lowest BCUT2D eigenvalue weighted by Gasteiger charge is -2.38. The summed E-state index contributed by atoms with van der Waals surface area (Å²) in [5.41, 5.74) is 0.972. The number of carboxylic acid groups (broad SMARTS) is 1. The molecule has 1 heterocycles. The Morgan fingerprint density at radius 2 is 2.09 bits per heavy atom. The van der Waals surface area contributed by atoms with Crippen molar-refractivity contribution in [3.05, 3.63) is 35.6 Å². The molecule has 1 saturated heterocycles. The van der Waals surface area contributed by atoms with Gasteiger partial charge in [-0.15, -0.1) is 0 Å². The molecule has 1 aliphatic carbocycles. The second-order valence-electron chi connectivity index (χ2n) is 6.49. The number of nitrogens with zero attached hydrogens (tertiary/aromatic N) is 1. The van der Waals surface area contributed by atoms with Gasteiger partial charge in [-0.05, 0) is 49.3 Å².